The van der Waals surface area contributed by atoms with Crippen molar-refractivity contribution in [1.82, 2.24) is 4.90 Å². The summed E-state index contributed by atoms with van der Waals surface area (Å²) in [6, 6.07) is 3.34. The standard InChI is InChI=1S/C17H21N3O4/c18-12-6-14-15(24-9-23-14)7-13(12)19-16(21)11-2-1-5-20(8-11)17(22)10-3-4-10/h6-7,10-11H,1-5,8-9,18H2,(H,19,21). The molecule has 7 heteroatoms. The van der Waals surface area contributed by atoms with Gasteiger partial charge in [-0.3, -0.25) is 9.59 Å². The van der Waals surface area contributed by atoms with Crippen molar-refractivity contribution in [2.24, 2.45) is 11.8 Å². The maximum atomic E-state index is 12.6. The van der Waals surface area contributed by atoms with Gasteiger partial charge in [-0.2, -0.15) is 0 Å². The van der Waals surface area contributed by atoms with Gasteiger partial charge in [-0.15, -0.1) is 0 Å². The SMILES string of the molecule is Nc1cc2c(cc1NC(=O)C1CCCN(C(=O)C3CC3)C1)OCO2. The Morgan fingerprint density at radius 3 is 2.62 bits per heavy atom. The molecule has 3 aliphatic rings. The topological polar surface area (TPSA) is 93.9 Å². The van der Waals surface area contributed by atoms with E-state index in [9.17, 15) is 9.59 Å². The van der Waals surface area contributed by atoms with Gasteiger partial charge in [0.2, 0.25) is 18.6 Å². The summed E-state index contributed by atoms with van der Waals surface area (Å²) in [5, 5.41) is 2.88. The molecule has 128 valence electrons. The highest BCUT2D eigenvalue weighted by atomic mass is 16.7. The molecule has 24 heavy (non-hydrogen) atoms. The first-order valence-corrected chi connectivity index (χ1v) is 8.40. The fourth-order valence-corrected chi connectivity index (χ4v) is 3.28. The molecule has 1 aliphatic carbocycles. The van der Waals surface area contributed by atoms with Crippen LogP contribution in [0.5, 0.6) is 11.5 Å². The summed E-state index contributed by atoms with van der Waals surface area (Å²) in [6.07, 6.45) is 3.61. The highest BCUT2D eigenvalue weighted by Gasteiger charge is 2.36. The van der Waals surface area contributed by atoms with Crippen LogP contribution in [0.2, 0.25) is 0 Å². The summed E-state index contributed by atoms with van der Waals surface area (Å²) < 4.78 is 10.6. The van der Waals surface area contributed by atoms with Crippen LogP contribution >= 0.6 is 0 Å². The third-order valence-electron chi connectivity index (χ3n) is 4.83. The number of nitrogens with one attached hydrogen (secondary N) is 1. The first kappa shape index (κ1) is 15.1. The van der Waals surface area contributed by atoms with Gasteiger partial charge in [-0.1, -0.05) is 0 Å². The van der Waals surface area contributed by atoms with Crippen LogP contribution in [0.1, 0.15) is 25.7 Å². The smallest absolute Gasteiger partial charge is 0.231 e. The molecule has 1 aromatic rings. The molecule has 4 rings (SSSR count). The van der Waals surface area contributed by atoms with E-state index in [1.807, 2.05) is 4.90 Å². The van der Waals surface area contributed by atoms with E-state index in [0.29, 0.717) is 29.4 Å². The van der Waals surface area contributed by atoms with Crippen molar-refractivity contribution in [3.63, 3.8) is 0 Å². The van der Waals surface area contributed by atoms with Crippen LogP contribution in [0, 0.1) is 11.8 Å². The van der Waals surface area contributed by atoms with Gasteiger partial charge >= 0.3 is 0 Å². The van der Waals surface area contributed by atoms with E-state index in [0.717, 1.165) is 32.2 Å². The molecule has 2 amide bonds. The molecule has 7 nitrogen and oxygen atoms in total. The monoisotopic (exact) mass is 331 g/mol. The second kappa shape index (κ2) is 5.89. The minimum Gasteiger partial charge on any atom is -0.454 e. The normalized spacial score (nSPS) is 22.3. The number of nitrogen functional groups attached to an aromatic ring is 1. The van der Waals surface area contributed by atoms with Crippen molar-refractivity contribution in [3.05, 3.63) is 12.1 Å². The number of carbonyl (C=O) groups excluding carboxylic acids is 2. The van der Waals surface area contributed by atoms with E-state index in [1.165, 1.54) is 0 Å². The number of nitrogens with two attached hydrogens (primary N) is 1. The van der Waals surface area contributed by atoms with E-state index in [1.54, 1.807) is 12.1 Å². The Morgan fingerprint density at radius 2 is 1.88 bits per heavy atom. The molecule has 3 N–H and O–H groups in total. The summed E-state index contributed by atoms with van der Waals surface area (Å²) in [5.74, 6) is 1.25. The Morgan fingerprint density at radius 1 is 1.12 bits per heavy atom. The quantitative estimate of drug-likeness (QED) is 0.820. The summed E-state index contributed by atoms with van der Waals surface area (Å²) in [6.45, 7) is 1.41. The molecule has 1 unspecified atom stereocenters. The Kier molecular flexibility index (Phi) is 3.70. The molecule has 0 bridgehead atoms. The minimum atomic E-state index is -0.203. The summed E-state index contributed by atoms with van der Waals surface area (Å²) in [4.78, 5) is 26.7. The lowest BCUT2D eigenvalue weighted by atomic mass is 9.96. The molecular formula is C17H21N3O4. The van der Waals surface area contributed by atoms with Crippen LogP contribution in [0.25, 0.3) is 0 Å². The average molecular weight is 331 g/mol. The first-order valence-electron chi connectivity index (χ1n) is 8.40. The minimum absolute atomic E-state index is 0.103. The van der Waals surface area contributed by atoms with Crippen molar-refractivity contribution < 1.29 is 19.1 Å². The van der Waals surface area contributed by atoms with Gasteiger partial charge in [0.15, 0.2) is 11.5 Å². The van der Waals surface area contributed by atoms with Crippen molar-refractivity contribution in [2.75, 3.05) is 30.9 Å². The van der Waals surface area contributed by atoms with Crippen molar-refractivity contribution >= 4 is 23.2 Å². The van der Waals surface area contributed by atoms with Crippen LogP contribution in [0.4, 0.5) is 11.4 Å². The van der Waals surface area contributed by atoms with Gasteiger partial charge in [0.1, 0.15) is 0 Å². The lowest BCUT2D eigenvalue weighted by Crippen LogP contribution is -2.44. The second-order valence-electron chi connectivity index (χ2n) is 6.68. The lowest BCUT2D eigenvalue weighted by Gasteiger charge is -2.32. The first-order chi connectivity index (χ1) is 11.6. The van der Waals surface area contributed by atoms with Gasteiger partial charge in [0.25, 0.3) is 0 Å². The maximum absolute atomic E-state index is 12.6. The molecule has 0 radical (unpaired) electrons. The lowest BCUT2D eigenvalue weighted by molar-refractivity contribution is -0.135. The number of fused-ring (bicyclic) bond motifs is 1. The molecule has 1 aromatic carbocycles. The predicted octanol–water partition coefficient (Wildman–Crippen LogP) is 1.58. The van der Waals surface area contributed by atoms with E-state index >= 15 is 0 Å². The molecule has 2 heterocycles. The molecule has 2 fully saturated rings. The molecule has 1 saturated heterocycles. The van der Waals surface area contributed by atoms with Crippen molar-refractivity contribution in [1.29, 1.82) is 0 Å². The highest BCUT2D eigenvalue weighted by Crippen LogP contribution is 2.38. The van der Waals surface area contributed by atoms with E-state index in [-0.39, 0.29) is 30.4 Å². The number of rotatable bonds is 3. The van der Waals surface area contributed by atoms with Gasteiger partial charge in [-0.05, 0) is 25.7 Å². The largest absolute Gasteiger partial charge is 0.454 e. The second-order valence-corrected chi connectivity index (χ2v) is 6.68. The summed E-state index contributed by atoms with van der Waals surface area (Å²) in [7, 11) is 0. The zero-order valence-corrected chi connectivity index (χ0v) is 13.4. The Bertz CT molecular complexity index is 687. The molecule has 0 spiro atoms. The number of likely N-dealkylation sites (tertiary alicyclic amines) is 1. The molecule has 0 aromatic heterocycles. The fraction of sp³-hybridized carbons (Fsp3) is 0.529. The van der Waals surface area contributed by atoms with Crippen molar-refractivity contribution in [2.45, 2.75) is 25.7 Å². The van der Waals surface area contributed by atoms with E-state index < -0.39 is 0 Å². The number of nitrogens with zero attached hydrogens (tertiary/aromatic N) is 1. The number of amides is 2. The number of benzene rings is 1. The molecule has 1 saturated carbocycles. The maximum Gasteiger partial charge on any atom is 0.231 e. The number of carbonyl (C=O) groups is 2. The number of anilines is 2. The molecule has 1 atom stereocenters. The van der Waals surface area contributed by atoms with Crippen LogP contribution in [-0.2, 0) is 9.59 Å². The van der Waals surface area contributed by atoms with Crippen LogP contribution in [0.15, 0.2) is 12.1 Å². The number of ether oxygens (including phenoxy) is 2. The van der Waals surface area contributed by atoms with Gasteiger partial charge in [-0.25, -0.2) is 0 Å². The van der Waals surface area contributed by atoms with E-state index in [4.69, 9.17) is 15.2 Å². The van der Waals surface area contributed by atoms with Crippen LogP contribution in [0.3, 0.4) is 0 Å². The molecular weight excluding hydrogens is 310 g/mol. The zero-order chi connectivity index (χ0) is 16.7. The number of piperidine rings is 1. The third-order valence-corrected chi connectivity index (χ3v) is 4.83. The van der Waals surface area contributed by atoms with Crippen molar-refractivity contribution in [3.8, 4) is 11.5 Å². The Balaban J connectivity index is 1.43. The Hall–Kier alpha value is -2.44. The number of hydrogen-bond donors (Lipinski definition) is 2. The summed E-state index contributed by atoms with van der Waals surface area (Å²) >= 11 is 0. The van der Waals surface area contributed by atoms with Crippen LogP contribution < -0.4 is 20.5 Å². The fourth-order valence-electron chi connectivity index (χ4n) is 3.28. The van der Waals surface area contributed by atoms with Crippen LogP contribution in [-0.4, -0.2) is 36.6 Å². The summed E-state index contributed by atoms with van der Waals surface area (Å²) in [5.41, 5.74) is 6.94. The highest BCUT2D eigenvalue weighted by molar-refractivity contribution is 5.96. The van der Waals surface area contributed by atoms with Gasteiger partial charge in [0, 0.05) is 31.1 Å². The predicted molar refractivity (Wildman–Crippen MR) is 87.6 cm³/mol. The van der Waals surface area contributed by atoms with Gasteiger partial charge < -0.3 is 25.4 Å². The molecule has 2 aliphatic heterocycles. The zero-order valence-electron chi connectivity index (χ0n) is 13.4. The number of hydrogen-bond acceptors (Lipinski definition) is 5. The average Bonchev–Trinajstić information content (AvgIpc) is 3.34. The Labute approximate surface area is 140 Å². The van der Waals surface area contributed by atoms with E-state index in [2.05, 4.69) is 5.32 Å². The van der Waals surface area contributed by atoms with Gasteiger partial charge in [0.05, 0.1) is 17.3 Å². The third kappa shape index (κ3) is 2.86.